The fraction of sp³-hybridized carbons (Fsp3) is 0.562. The van der Waals surface area contributed by atoms with E-state index in [1.54, 1.807) is 0 Å². The molecule has 0 radical (unpaired) electrons. The number of hydrogen-bond acceptors (Lipinski definition) is 2. The predicted molar refractivity (Wildman–Crippen MR) is 73.9 cm³/mol. The van der Waals surface area contributed by atoms with Gasteiger partial charge in [0.15, 0.2) is 0 Å². The van der Waals surface area contributed by atoms with E-state index in [0.717, 1.165) is 36.1 Å². The third-order valence-electron chi connectivity index (χ3n) is 4.68. The first kappa shape index (κ1) is 12.7. The highest BCUT2D eigenvalue weighted by Crippen LogP contribution is 2.34. The maximum atomic E-state index is 12.6. The van der Waals surface area contributed by atoms with Crippen LogP contribution in [0.1, 0.15) is 47.2 Å². The van der Waals surface area contributed by atoms with Crippen molar-refractivity contribution in [2.24, 2.45) is 5.92 Å². The molecule has 1 fully saturated rings. The van der Waals surface area contributed by atoms with Crippen molar-refractivity contribution in [1.82, 2.24) is 4.90 Å². The van der Waals surface area contributed by atoms with Crippen LogP contribution >= 0.6 is 0 Å². The van der Waals surface area contributed by atoms with Gasteiger partial charge in [-0.1, -0.05) is 31.0 Å². The lowest BCUT2D eigenvalue weighted by Gasteiger charge is -2.37. The molecule has 1 amide bonds. The fourth-order valence-electron chi connectivity index (χ4n) is 3.64. The van der Waals surface area contributed by atoms with Crippen molar-refractivity contribution in [2.75, 3.05) is 6.61 Å². The van der Waals surface area contributed by atoms with E-state index in [1.165, 1.54) is 12.8 Å². The number of amides is 1. The van der Waals surface area contributed by atoms with Gasteiger partial charge in [-0.2, -0.15) is 0 Å². The predicted octanol–water partition coefficient (Wildman–Crippen LogP) is 2.50. The van der Waals surface area contributed by atoms with Gasteiger partial charge in [0.1, 0.15) is 0 Å². The average molecular weight is 259 g/mol. The van der Waals surface area contributed by atoms with Gasteiger partial charge >= 0.3 is 0 Å². The third kappa shape index (κ3) is 2.06. The van der Waals surface area contributed by atoms with Crippen molar-refractivity contribution in [3.05, 3.63) is 34.9 Å². The second kappa shape index (κ2) is 4.97. The average Bonchev–Trinajstić information content (AvgIpc) is 2.77. The zero-order chi connectivity index (χ0) is 13.4. The van der Waals surface area contributed by atoms with Gasteiger partial charge in [-0.3, -0.25) is 4.79 Å². The van der Waals surface area contributed by atoms with Crippen molar-refractivity contribution in [3.8, 4) is 0 Å². The topological polar surface area (TPSA) is 40.5 Å². The van der Waals surface area contributed by atoms with Crippen LogP contribution < -0.4 is 0 Å². The maximum Gasteiger partial charge on any atom is 0.255 e. The largest absolute Gasteiger partial charge is 0.396 e. The number of aliphatic hydroxyl groups is 1. The molecule has 1 saturated carbocycles. The molecule has 3 rings (SSSR count). The highest BCUT2D eigenvalue weighted by atomic mass is 16.3. The van der Waals surface area contributed by atoms with Crippen molar-refractivity contribution in [1.29, 1.82) is 0 Å². The molecule has 1 aromatic carbocycles. The van der Waals surface area contributed by atoms with Gasteiger partial charge < -0.3 is 10.0 Å². The summed E-state index contributed by atoms with van der Waals surface area (Å²) in [6, 6.07) is 6.30. The molecule has 1 heterocycles. The Hall–Kier alpha value is -1.35. The molecule has 0 saturated heterocycles. The van der Waals surface area contributed by atoms with E-state index >= 15 is 0 Å². The van der Waals surface area contributed by atoms with E-state index in [4.69, 9.17) is 0 Å². The van der Waals surface area contributed by atoms with Gasteiger partial charge in [-0.25, -0.2) is 0 Å². The Morgan fingerprint density at radius 3 is 2.84 bits per heavy atom. The first-order valence-corrected chi connectivity index (χ1v) is 7.22. The number of fused-ring (bicyclic) bond motifs is 1. The molecular formula is C16H21NO2. The summed E-state index contributed by atoms with van der Waals surface area (Å²) in [5.41, 5.74) is 3.11. The minimum absolute atomic E-state index is 0.165. The monoisotopic (exact) mass is 259 g/mol. The minimum atomic E-state index is 0.165. The molecule has 1 aliphatic carbocycles. The van der Waals surface area contributed by atoms with Crippen LogP contribution in [0.4, 0.5) is 0 Å². The molecule has 1 N–H and O–H groups in total. The Morgan fingerprint density at radius 1 is 1.32 bits per heavy atom. The van der Waals surface area contributed by atoms with Gasteiger partial charge in [0.05, 0.1) is 0 Å². The Morgan fingerprint density at radius 2 is 2.11 bits per heavy atom. The molecule has 0 bridgehead atoms. The standard InChI is InChI=1S/C16H21NO2/c1-11-5-4-7-12-9-17(16(19)15(11)12)14-8-3-2-6-13(14)10-18/h4-5,7,13-14,18H,2-3,6,8-10H2,1H3/t13-,14-/m0/s1. The van der Waals surface area contributed by atoms with Crippen LogP contribution in [0.25, 0.3) is 0 Å². The van der Waals surface area contributed by atoms with Gasteiger partial charge in [-0.05, 0) is 30.9 Å². The molecule has 3 heteroatoms. The molecule has 0 unspecified atom stereocenters. The zero-order valence-electron chi connectivity index (χ0n) is 11.4. The van der Waals surface area contributed by atoms with E-state index < -0.39 is 0 Å². The highest BCUT2D eigenvalue weighted by Gasteiger charge is 2.37. The zero-order valence-corrected chi connectivity index (χ0v) is 11.4. The van der Waals surface area contributed by atoms with E-state index in [9.17, 15) is 9.90 Å². The molecule has 0 aromatic heterocycles. The molecule has 19 heavy (non-hydrogen) atoms. The van der Waals surface area contributed by atoms with Gasteiger partial charge in [0, 0.05) is 30.7 Å². The van der Waals surface area contributed by atoms with Crippen molar-refractivity contribution in [2.45, 2.75) is 45.2 Å². The maximum absolute atomic E-state index is 12.6. The summed E-state index contributed by atoms with van der Waals surface area (Å²) in [4.78, 5) is 14.6. The molecule has 1 aliphatic heterocycles. The number of aryl methyl sites for hydroxylation is 1. The Labute approximate surface area is 114 Å². The quantitative estimate of drug-likeness (QED) is 0.886. The summed E-state index contributed by atoms with van der Waals surface area (Å²) >= 11 is 0. The first-order chi connectivity index (χ1) is 9.22. The number of carbonyl (C=O) groups is 1. The fourth-order valence-corrected chi connectivity index (χ4v) is 3.64. The summed E-state index contributed by atoms with van der Waals surface area (Å²) in [6.07, 6.45) is 4.42. The SMILES string of the molecule is Cc1cccc2c1C(=O)N([C@H]1CCCC[C@H]1CO)C2. The van der Waals surface area contributed by atoms with E-state index in [2.05, 4.69) is 6.07 Å². The van der Waals surface area contributed by atoms with Crippen LogP contribution in [0.2, 0.25) is 0 Å². The lowest BCUT2D eigenvalue weighted by atomic mass is 9.84. The molecule has 1 aromatic rings. The summed E-state index contributed by atoms with van der Waals surface area (Å²) < 4.78 is 0. The number of benzene rings is 1. The van der Waals surface area contributed by atoms with Crippen LogP contribution in [0, 0.1) is 12.8 Å². The van der Waals surface area contributed by atoms with Crippen molar-refractivity contribution >= 4 is 5.91 Å². The second-order valence-electron chi connectivity index (χ2n) is 5.84. The normalized spacial score (nSPS) is 26.6. The summed E-state index contributed by atoms with van der Waals surface area (Å²) in [5, 5.41) is 9.54. The number of rotatable bonds is 2. The number of aliphatic hydroxyl groups excluding tert-OH is 1. The highest BCUT2D eigenvalue weighted by molar-refractivity contribution is 5.99. The lowest BCUT2D eigenvalue weighted by molar-refractivity contribution is 0.0453. The summed E-state index contributed by atoms with van der Waals surface area (Å²) in [7, 11) is 0. The molecule has 2 atom stereocenters. The van der Waals surface area contributed by atoms with Gasteiger partial charge in [0.25, 0.3) is 5.91 Å². The minimum Gasteiger partial charge on any atom is -0.396 e. The Balaban J connectivity index is 1.89. The molecule has 3 nitrogen and oxygen atoms in total. The number of hydrogen-bond donors (Lipinski definition) is 1. The van der Waals surface area contributed by atoms with Crippen LogP contribution in [-0.4, -0.2) is 28.6 Å². The van der Waals surface area contributed by atoms with Gasteiger partial charge in [0.2, 0.25) is 0 Å². The van der Waals surface area contributed by atoms with Crippen LogP contribution in [-0.2, 0) is 6.54 Å². The van der Waals surface area contributed by atoms with E-state index in [0.29, 0.717) is 0 Å². The second-order valence-corrected chi connectivity index (χ2v) is 5.84. The third-order valence-corrected chi connectivity index (χ3v) is 4.68. The Bertz CT molecular complexity index is 498. The molecule has 102 valence electrons. The van der Waals surface area contributed by atoms with Crippen LogP contribution in [0.3, 0.4) is 0 Å². The van der Waals surface area contributed by atoms with Crippen molar-refractivity contribution in [3.63, 3.8) is 0 Å². The number of carbonyl (C=O) groups excluding carboxylic acids is 1. The summed E-state index contributed by atoms with van der Waals surface area (Å²) in [6.45, 7) is 2.92. The molecule has 2 aliphatic rings. The smallest absolute Gasteiger partial charge is 0.255 e. The lowest BCUT2D eigenvalue weighted by Crippen LogP contribution is -2.44. The first-order valence-electron chi connectivity index (χ1n) is 7.22. The molecular weight excluding hydrogens is 238 g/mol. The Kier molecular flexibility index (Phi) is 3.31. The van der Waals surface area contributed by atoms with E-state index in [1.807, 2.05) is 24.0 Å². The van der Waals surface area contributed by atoms with Crippen LogP contribution in [0.15, 0.2) is 18.2 Å². The molecule has 0 spiro atoms. The van der Waals surface area contributed by atoms with E-state index in [-0.39, 0.29) is 24.5 Å². The van der Waals surface area contributed by atoms with Crippen LogP contribution in [0.5, 0.6) is 0 Å². The number of nitrogens with zero attached hydrogens (tertiary/aromatic N) is 1. The van der Waals surface area contributed by atoms with Gasteiger partial charge in [-0.15, -0.1) is 0 Å². The summed E-state index contributed by atoms with van der Waals surface area (Å²) in [5.74, 6) is 0.422. The van der Waals surface area contributed by atoms with Crippen molar-refractivity contribution < 1.29 is 9.90 Å².